The number of aryl methyl sites for hydroxylation is 2. The van der Waals surface area contributed by atoms with Crippen molar-refractivity contribution in [2.45, 2.75) is 32.4 Å². The van der Waals surface area contributed by atoms with E-state index in [-0.39, 0.29) is 11.9 Å². The molecule has 0 spiro atoms. The molecule has 1 amide bonds. The number of nitrogens with two attached hydrogens (primary N) is 1. The molecule has 1 unspecified atom stereocenters. The van der Waals surface area contributed by atoms with Crippen LogP contribution in [0.5, 0.6) is 11.5 Å². The summed E-state index contributed by atoms with van der Waals surface area (Å²) in [5, 5.41) is 1.05. The third-order valence-electron chi connectivity index (χ3n) is 6.82. The van der Waals surface area contributed by atoms with E-state index < -0.39 is 0 Å². The fourth-order valence-electron chi connectivity index (χ4n) is 5.12. The van der Waals surface area contributed by atoms with E-state index in [2.05, 4.69) is 22.1 Å². The molecule has 1 fully saturated rings. The van der Waals surface area contributed by atoms with Crippen LogP contribution in [0.3, 0.4) is 0 Å². The largest absolute Gasteiger partial charge is 0.493 e. The van der Waals surface area contributed by atoms with Crippen LogP contribution in [0.4, 0.5) is 0 Å². The van der Waals surface area contributed by atoms with Gasteiger partial charge in [0.1, 0.15) is 0 Å². The average molecular weight is 462 g/mol. The smallest absolute Gasteiger partial charge is 0.253 e. The van der Waals surface area contributed by atoms with Gasteiger partial charge in [0.05, 0.1) is 36.5 Å². The van der Waals surface area contributed by atoms with Gasteiger partial charge in [-0.2, -0.15) is 0 Å². The van der Waals surface area contributed by atoms with E-state index in [1.54, 1.807) is 14.2 Å². The van der Waals surface area contributed by atoms with E-state index in [4.69, 9.17) is 20.2 Å². The van der Waals surface area contributed by atoms with E-state index in [0.717, 1.165) is 59.4 Å². The number of hydrogen-bond acceptors (Lipinski definition) is 5. The summed E-state index contributed by atoms with van der Waals surface area (Å²) in [6.45, 7) is 4.20. The fourth-order valence-corrected chi connectivity index (χ4v) is 5.12. The van der Waals surface area contributed by atoms with Crippen molar-refractivity contribution in [2.75, 3.05) is 27.3 Å². The summed E-state index contributed by atoms with van der Waals surface area (Å²) >= 11 is 0. The van der Waals surface area contributed by atoms with Gasteiger partial charge in [-0.1, -0.05) is 0 Å². The standard InChI is InChI=1S/C26H31N5O3/c1-5-31-21(14-16-9-11-22(33-3)24(34-4)23(16)31)25-28-19-13-17(8-10-20(19)29(25)2)26(32)30-12-6-7-18(27)15-30/h8-11,13-14,18H,5-7,12,15,27H2,1-4H3. The van der Waals surface area contributed by atoms with Gasteiger partial charge in [-0.25, -0.2) is 4.98 Å². The van der Waals surface area contributed by atoms with Gasteiger partial charge in [-0.15, -0.1) is 0 Å². The SMILES string of the molecule is CCn1c(-c2nc3cc(C(=O)N4CCCC(N)C4)ccc3n2C)cc2ccc(OC)c(OC)c21. The number of benzene rings is 2. The summed E-state index contributed by atoms with van der Waals surface area (Å²) in [4.78, 5) is 19.9. The Kier molecular flexibility index (Phi) is 5.69. The minimum atomic E-state index is 0.0174. The number of rotatable bonds is 5. The third-order valence-corrected chi connectivity index (χ3v) is 6.82. The van der Waals surface area contributed by atoms with Gasteiger partial charge in [0.2, 0.25) is 0 Å². The molecule has 2 aromatic heterocycles. The molecule has 1 saturated heterocycles. The van der Waals surface area contributed by atoms with Crippen molar-refractivity contribution in [3.63, 3.8) is 0 Å². The summed E-state index contributed by atoms with van der Waals surface area (Å²) in [6, 6.07) is 11.9. The van der Waals surface area contributed by atoms with Gasteiger partial charge in [-0.3, -0.25) is 4.79 Å². The maximum atomic E-state index is 13.1. The number of piperidine rings is 1. The van der Waals surface area contributed by atoms with Crippen LogP contribution in [0.2, 0.25) is 0 Å². The zero-order valence-corrected chi connectivity index (χ0v) is 20.2. The molecule has 0 bridgehead atoms. The van der Waals surface area contributed by atoms with Gasteiger partial charge in [0, 0.05) is 43.7 Å². The van der Waals surface area contributed by atoms with E-state index in [1.807, 2.05) is 42.3 Å². The molecule has 1 atom stereocenters. The Balaban J connectivity index is 1.61. The van der Waals surface area contributed by atoms with Crippen LogP contribution in [0.15, 0.2) is 36.4 Å². The molecule has 8 nitrogen and oxygen atoms in total. The van der Waals surface area contributed by atoms with Crippen molar-refractivity contribution in [1.29, 1.82) is 0 Å². The zero-order valence-electron chi connectivity index (χ0n) is 20.2. The molecule has 178 valence electrons. The Morgan fingerprint density at radius 3 is 2.71 bits per heavy atom. The molecule has 0 aliphatic carbocycles. The topological polar surface area (TPSA) is 87.5 Å². The number of fused-ring (bicyclic) bond motifs is 2. The minimum absolute atomic E-state index is 0.0174. The van der Waals surface area contributed by atoms with Gasteiger partial charge in [-0.05, 0) is 56.2 Å². The van der Waals surface area contributed by atoms with Crippen molar-refractivity contribution >= 4 is 27.8 Å². The van der Waals surface area contributed by atoms with Crippen molar-refractivity contribution in [3.8, 4) is 23.0 Å². The summed E-state index contributed by atoms with van der Waals surface area (Å²) in [5.41, 5.74) is 10.5. The Labute approximate surface area is 198 Å². The van der Waals surface area contributed by atoms with E-state index >= 15 is 0 Å². The average Bonchev–Trinajstić information content (AvgIpc) is 3.39. The van der Waals surface area contributed by atoms with Gasteiger partial charge >= 0.3 is 0 Å². The molecule has 1 aliphatic rings. The second kappa shape index (κ2) is 8.68. The molecule has 1 aliphatic heterocycles. The first-order valence-corrected chi connectivity index (χ1v) is 11.7. The highest BCUT2D eigenvalue weighted by Crippen LogP contribution is 2.40. The number of likely N-dealkylation sites (tertiary alicyclic amines) is 1. The summed E-state index contributed by atoms with van der Waals surface area (Å²) in [5.74, 6) is 2.25. The molecule has 8 heteroatoms. The number of aromatic nitrogens is 3. The second-order valence-electron chi connectivity index (χ2n) is 8.86. The van der Waals surface area contributed by atoms with Crippen LogP contribution in [-0.2, 0) is 13.6 Å². The van der Waals surface area contributed by atoms with Gasteiger partial charge < -0.3 is 29.2 Å². The zero-order chi connectivity index (χ0) is 24.0. The first-order chi connectivity index (χ1) is 16.5. The third kappa shape index (κ3) is 3.49. The fraction of sp³-hybridized carbons (Fsp3) is 0.385. The predicted molar refractivity (Wildman–Crippen MR) is 134 cm³/mol. The monoisotopic (exact) mass is 461 g/mol. The summed E-state index contributed by atoms with van der Waals surface area (Å²) < 4.78 is 15.5. The van der Waals surface area contributed by atoms with Crippen molar-refractivity contribution in [3.05, 3.63) is 42.0 Å². The second-order valence-corrected chi connectivity index (χ2v) is 8.86. The van der Waals surface area contributed by atoms with Crippen LogP contribution in [-0.4, -0.2) is 58.3 Å². The van der Waals surface area contributed by atoms with Crippen molar-refractivity contribution in [2.24, 2.45) is 12.8 Å². The highest BCUT2D eigenvalue weighted by atomic mass is 16.5. The molecular weight excluding hydrogens is 430 g/mol. The lowest BCUT2D eigenvalue weighted by Gasteiger charge is -2.30. The number of nitrogens with zero attached hydrogens (tertiary/aromatic N) is 4. The molecule has 3 heterocycles. The number of imidazole rings is 1. The van der Waals surface area contributed by atoms with Crippen molar-refractivity contribution in [1.82, 2.24) is 19.0 Å². The molecule has 2 aromatic carbocycles. The number of carbonyl (C=O) groups is 1. The maximum absolute atomic E-state index is 13.1. The van der Waals surface area contributed by atoms with E-state index in [0.29, 0.717) is 23.6 Å². The molecule has 0 saturated carbocycles. The highest BCUT2D eigenvalue weighted by molar-refractivity contribution is 5.98. The Hall–Kier alpha value is -3.52. The number of ether oxygens (including phenoxy) is 2. The van der Waals surface area contributed by atoms with Crippen LogP contribution in [0.25, 0.3) is 33.5 Å². The minimum Gasteiger partial charge on any atom is -0.493 e. The van der Waals surface area contributed by atoms with Crippen LogP contribution in [0.1, 0.15) is 30.1 Å². The van der Waals surface area contributed by atoms with E-state index in [9.17, 15) is 4.79 Å². The van der Waals surface area contributed by atoms with Gasteiger partial charge in [0.15, 0.2) is 17.3 Å². The highest BCUT2D eigenvalue weighted by Gasteiger charge is 2.24. The van der Waals surface area contributed by atoms with Gasteiger partial charge in [0.25, 0.3) is 5.91 Å². The number of hydrogen-bond donors (Lipinski definition) is 1. The van der Waals surface area contributed by atoms with Crippen molar-refractivity contribution < 1.29 is 14.3 Å². The molecule has 4 aromatic rings. The Morgan fingerprint density at radius 1 is 1.18 bits per heavy atom. The Bertz CT molecular complexity index is 1390. The number of amides is 1. The lowest BCUT2D eigenvalue weighted by Crippen LogP contribution is -2.45. The predicted octanol–water partition coefficient (Wildman–Crippen LogP) is 3.80. The number of methoxy groups -OCH3 is 2. The lowest BCUT2D eigenvalue weighted by molar-refractivity contribution is 0.0709. The molecule has 2 N–H and O–H groups in total. The quantitative estimate of drug-likeness (QED) is 0.489. The molecule has 34 heavy (non-hydrogen) atoms. The van der Waals surface area contributed by atoms with Crippen LogP contribution >= 0.6 is 0 Å². The number of carbonyl (C=O) groups excluding carboxylic acids is 1. The molecule has 5 rings (SSSR count). The summed E-state index contributed by atoms with van der Waals surface area (Å²) in [6.07, 6.45) is 1.91. The van der Waals surface area contributed by atoms with Crippen LogP contribution in [0, 0.1) is 0 Å². The first kappa shape index (κ1) is 22.3. The van der Waals surface area contributed by atoms with E-state index in [1.165, 1.54) is 0 Å². The first-order valence-electron chi connectivity index (χ1n) is 11.7. The molecule has 0 radical (unpaired) electrons. The summed E-state index contributed by atoms with van der Waals surface area (Å²) in [7, 11) is 5.31. The Morgan fingerprint density at radius 2 is 2.00 bits per heavy atom. The van der Waals surface area contributed by atoms with Crippen LogP contribution < -0.4 is 15.2 Å². The molecular formula is C26H31N5O3. The normalized spacial score (nSPS) is 16.4. The maximum Gasteiger partial charge on any atom is 0.253 e. The lowest BCUT2D eigenvalue weighted by atomic mass is 10.1.